The number of aliphatic imine (C=N–C) groups is 1. The summed E-state index contributed by atoms with van der Waals surface area (Å²) in [6.45, 7) is 3.65. The van der Waals surface area contributed by atoms with Crippen LogP contribution in [0.15, 0.2) is 46.3 Å². The van der Waals surface area contributed by atoms with E-state index in [2.05, 4.69) is 11.1 Å². The summed E-state index contributed by atoms with van der Waals surface area (Å²) in [7, 11) is 0. The van der Waals surface area contributed by atoms with Gasteiger partial charge in [0.25, 0.3) is 0 Å². The van der Waals surface area contributed by atoms with Crippen molar-refractivity contribution in [3.63, 3.8) is 0 Å². The van der Waals surface area contributed by atoms with Gasteiger partial charge in [0.1, 0.15) is 11.3 Å². The molecule has 4 nitrogen and oxygen atoms in total. The molecule has 1 aliphatic rings. The van der Waals surface area contributed by atoms with Crippen molar-refractivity contribution >= 4 is 17.8 Å². The topological polar surface area (TPSA) is 58.9 Å². The van der Waals surface area contributed by atoms with Crippen LogP contribution < -0.4 is 29.6 Å². The fraction of sp³-hybridized carbons (Fsp3) is 0.200. The molecule has 0 aromatic heterocycles. The predicted molar refractivity (Wildman–Crippen MR) is 72.7 cm³/mol. The van der Waals surface area contributed by atoms with Crippen molar-refractivity contribution in [2.75, 3.05) is 6.61 Å². The second kappa shape index (κ2) is 7.43. The first-order valence-corrected chi connectivity index (χ1v) is 5.97. The fourth-order valence-corrected chi connectivity index (χ4v) is 1.79. The number of esters is 1. The maximum absolute atomic E-state index is 11.7. The first kappa shape index (κ1) is 16.7. The molecule has 1 aromatic carbocycles. The van der Waals surface area contributed by atoms with Gasteiger partial charge in [0.05, 0.1) is 12.3 Å². The number of aliphatic hydroxyl groups excluding tert-OH is 1. The van der Waals surface area contributed by atoms with Gasteiger partial charge in [-0.05, 0) is 19.9 Å². The molecule has 0 saturated heterocycles. The van der Waals surface area contributed by atoms with Crippen molar-refractivity contribution < 1.29 is 44.2 Å². The zero-order valence-electron chi connectivity index (χ0n) is 11.8. The average Bonchev–Trinajstić information content (AvgIpc) is 2.66. The Morgan fingerprint density at radius 3 is 2.70 bits per heavy atom. The maximum Gasteiger partial charge on any atom is 1.00 e. The van der Waals surface area contributed by atoms with Gasteiger partial charge in [0.2, 0.25) is 0 Å². The molecule has 20 heavy (non-hydrogen) atoms. The number of nitrogens with zero attached hydrogens (tertiary/aromatic N) is 1. The number of carbonyl (C=O) groups excluding carboxylic acids is 1. The van der Waals surface area contributed by atoms with E-state index in [4.69, 9.17) is 4.74 Å². The third-order valence-corrected chi connectivity index (χ3v) is 2.66. The van der Waals surface area contributed by atoms with E-state index in [1.165, 1.54) is 0 Å². The van der Waals surface area contributed by atoms with Gasteiger partial charge >= 0.3 is 35.5 Å². The zero-order chi connectivity index (χ0) is 13.8. The van der Waals surface area contributed by atoms with Crippen LogP contribution in [0.4, 0.5) is 0 Å². The second-order valence-electron chi connectivity index (χ2n) is 4.00. The zero-order valence-corrected chi connectivity index (χ0v) is 13.8. The number of hydrogen-bond acceptors (Lipinski definition) is 4. The van der Waals surface area contributed by atoms with Gasteiger partial charge in [-0.25, -0.2) is 9.79 Å². The van der Waals surface area contributed by atoms with E-state index < -0.39 is 5.97 Å². The Kier molecular flexibility index (Phi) is 6.20. The molecule has 2 rings (SSSR count). The Hall–Kier alpha value is -1.36. The van der Waals surface area contributed by atoms with E-state index >= 15 is 0 Å². The Balaban J connectivity index is 0.00000200. The van der Waals surface area contributed by atoms with E-state index in [0.717, 1.165) is 5.56 Å². The van der Waals surface area contributed by atoms with E-state index in [1.54, 1.807) is 32.1 Å². The van der Waals surface area contributed by atoms with Crippen LogP contribution in [0, 0.1) is 6.07 Å². The Bertz CT molecular complexity index is 588. The van der Waals surface area contributed by atoms with Crippen molar-refractivity contribution in [2.45, 2.75) is 13.8 Å². The molecule has 0 atom stereocenters. The van der Waals surface area contributed by atoms with Crippen molar-refractivity contribution in [1.29, 1.82) is 0 Å². The first-order chi connectivity index (χ1) is 9.13. The maximum atomic E-state index is 11.7. The van der Waals surface area contributed by atoms with Crippen molar-refractivity contribution in [2.24, 2.45) is 4.99 Å². The van der Waals surface area contributed by atoms with Crippen LogP contribution in [0.5, 0.6) is 0 Å². The second-order valence-corrected chi connectivity index (χ2v) is 4.00. The molecule has 0 unspecified atom stereocenters. The van der Waals surface area contributed by atoms with E-state index in [9.17, 15) is 9.90 Å². The summed E-state index contributed by atoms with van der Waals surface area (Å²) in [4.78, 5) is 15.9. The molecule has 0 amide bonds. The molecule has 0 bridgehead atoms. The molecule has 1 aliphatic heterocycles. The first-order valence-electron chi connectivity index (χ1n) is 5.97. The van der Waals surface area contributed by atoms with Crippen LogP contribution in [-0.4, -0.2) is 23.4 Å². The number of benzene rings is 1. The number of ether oxygens (including phenoxy) is 1. The minimum atomic E-state index is -0.550. The van der Waals surface area contributed by atoms with E-state index in [1.807, 2.05) is 12.1 Å². The van der Waals surface area contributed by atoms with Crippen LogP contribution in [0.2, 0.25) is 0 Å². The van der Waals surface area contributed by atoms with Gasteiger partial charge in [-0.3, -0.25) is 0 Å². The number of aliphatic hydroxyl groups is 1. The third-order valence-electron chi connectivity index (χ3n) is 2.66. The molecule has 1 N–H and O–H groups in total. The van der Waals surface area contributed by atoms with Crippen molar-refractivity contribution in [3.05, 3.63) is 52.9 Å². The SMILES string of the molecule is CCOC(=O)C1=C(O)/C(=C\c2cc[c-]cc2)N=C1C.[Na+]. The molecule has 0 radical (unpaired) electrons. The Morgan fingerprint density at radius 2 is 2.10 bits per heavy atom. The number of hydrogen-bond donors (Lipinski definition) is 1. The van der Waals surface area contributed by atoms with Crippen LogP contribution in [0.3, 0.4) is 0 Å². The minimum absolute atomic E-state index is 0. The summed E-state index contributed by atoms with van der Waals surface area (Å²) >= 11 is 0. The van der Waals surface area contributed by atoms with Crippen LogP contribution in [0.25, 0.3) is 6.08 Å². The Morgan fingerprint density at radius 1 is 1.45 bits per heavy atom. The summed E-state index contributed by atoms with van der Waals surface area (Å²) in [5.74, 6) is -0.685. The van der Waals surface area contributed by atoms with E-state index in [0.29, 0.717) is 11.4 Å². The third kappa shape index (κ3) is 3.60. The molecular weight excluding hydrogens is 265 g/mol. The van der Waals surface area contributed by atoms with Crippen LogP contribution in [-0.2, 0) is 9.53 Å². The summed E-state index contributed by atoms with van der Waals surface area (Å²) < 4.78 is 4.90. The van der Waals surface area contributed by atoms with E-state index in [-0.39, 0.29) is 47.5 Å². The summed E-state index contributed by atoms with van der Waals surface area (Å²) in [6, 6.07) is 10.1. The van der Waals surface area contributed by atoms with Gasteiger partial charge in [-0.2, -0.15) is 30.3 Å². The van der Waals surface area contributed by atoms with Crippen LogP contribution >= 0.6 is 0 Å². The number of carbonyl (C=O) groups is 1. The molecule has 98 valence electrons. The van der Waals surface area contributed by atoms with Crippen molar-refractivity contribution in [1.82, 2.24) is 0 Å². The standard InChI is InChI=1S/C15H14NO3.Na/c1-3-19-15(18)13-10(2)16-12(14(13)17)9-11-7-5-4-6-8-11;/h5-9,17H,3H2,1-2H3;/q-1;+1/b12-9+;. The molecule has 1 aromatic rings. The quantitative estimate of drug-likeness (QED) is 0.469. The fourth-order valence-electron chi connectivity index (χ4n) is 1.79. The number of rotatable bonds is 3. The summed E-state index contributed by atoms with van der Waals surface area (Å²) in [5.41, 5.74) is 1.84. The molecule has 5 heteroatoms. The smallest absolute Gasteiger partial charge is 0.505 e. The van der Waals surface area contributed by atoms with Gasteiger partial charge in [-0.15, -0.1) is 5.56 Å². The molecular formula is C15H14NNaO3. The van der Waals surface area contributed by atoms with Gasteiger partial charge in [0, 0.05) is 0 Å². The molecule has 1 heterocycles. The molecule has 0 saturated carbocycles. The van der Waals surface area contributed by atoms with Gasteiger partial charge in [-0.1, -0.05) is 0 Å². The van der Waals surface area contributed by atoms with Gasteiger partial charge in [0.15, 0.2) is 5.76 Å². The predicted octanol–water partition coefficient (Wildman–Crippen LogP) is -0.319. The van der Waals surface area contributed by atoms with Gasteiger partial charge < -0.3 is 9.84 Å². The molecule has 0 aliphatic carbocycles. The summed E-state index contributed by atoms with van der Waals surface area (Å²) in [5, 5.41) is 10.1. The Labute approximate surface area is 140 Å². The molecule has 0 spiro atoms. The monoisotopic (exact) mass is 279 g/mol. The summed E-state index contributed by atoms with van der Waals surface area (Å²) in [6.07, 6.45) is 1.71. The average molecular weight is 279 g/mol. The molecule has 0 fully saturated rings. The largest absolute Gasteiger partial charge is 1.00 e. The normalized spacial score (nSPS) is 15.9. The minimum Gasteiger partial charge on any atom is -0.505 e. The van der Waals surface area contributed by atoms with Crippen molar-refractivity contribution in [3.8, 4) is 0 Å². The van der Waals surface area contributed by atoms with Crippen LogP contribution in [0.1, 0.15) is 19.4 Å².